The van der Waals surface area contributed by atoms with Crippen molar-refractivity contribution in [3.63, 3.8) is 0 Å². The number of hydrogen-bond donors (Lipinski definition) is 0. The average Bonchev–Trinajstić information content (AvgIpc) is 2.78. The molecule has 0 aliphatic rings. The zero-order valence-corrected chi connectivity index (χ0v) is 19.6. The summed E-state index contributed by atoms with van der Waals surface area (Å²) in [6.45, 7) is 4.24. The van der Waals surface area contributed by atoms with E-state index in [4.69, 9.17) is 48.7 Å². The van der Waals surface area contributed by atoms with Crippen LogP contribution in [0.5, 0.6) is 17.2 Å². The molecule has 0 unspecified atom stereocenters. The third-order valence-corrected chi connectivity index (χ3v) is 6.19. The Morgan fingerprint density at radius 1 is 0.938 bits per heavy atom. The van der Waals surface area contributed by atoms with E-state index in [9.17, 15) is 4.79 Å². The third kappa shape index (κ3) is 4.58. The summed E-state index contributed by atoms with van der Waals surface area (Å²) in [5, 5.41) is 1.58. The first-order valence-corrected chi connectivity index (χ1v) is 11.1. The van der Waals surface area contributed by atoms with Crippen molar-refractivity contribution in [3.05, 3.63) is 97.3 Å². The summed E-state index contributed by atoms with van der Waals surface area (Å²) < 4.78 is 17.4. The first-order chi connectivity index (χ1) is 15.3. The molecule has 1 aromatic heterocycles. The Bertz CT molecular complexity index is 1350. The molecule has 7 heteroatoms. The van der Waals surface area contributed by atoms with Gasteiger partial charge in [-0.05, 0) is 41.8 Å². The summed E-state index contributed by atoms with van der Waals surface area (Å²) in [5.74, 6) is 1.49. The molecule has 0 saturated heterocycles. The largest absolute Gasteiger partial charge is 0.489 e. The fraction of sp³-hybridized carbons (Fsp3) is 0.160. The van der Waals surface area contributed by atoms with Gasteiger partial charge < -0.3 is 13.9 Å². The van der Waals surface area contributed by atoms with Crippen molar-refractivity contribution in [3.8, 4) is 17.2 Å². The minimum absolute atomic E-state index is 0.112. The standard InChI is InChI=1S/C25H19Cl3O4/c1-14(2)16-5-3-4-6-21(16)32-23-13-31-22-11-15(7-8-17(22)25(23)29)30-12-18-19(26)9-10-20(27)24(18)28/h3-11,13-14H,12H2,1-2H3. The molecule has 0 fully saturated rings. The van der Waals surface area contributed by atoms with E-state index in [1.54, 1.807) is 30.3 Å². The Balaban J connectivity index is 1.59. The van der Waals surface area contributed by atoms with Gasteiger partial charge in [-0.15, -0.1) is 0 Å². The van der Waals surface area contributed by atoms with Crippen molar-refractivity contribution in [2.45, 2.75) is 26.4 Å². The van der Waals surface area contributed by atoms with E-state index >= 15 is 0 Å². The van der Waals surface area contributed by atoms with Crippen molar-refractivity contribution in [2.24, 2.45) is 0 Å². The lowest BCUT2D eigenvalue weighted by molar-refractivity contribution is 0.306. The molecule has 0 aliphatic carbocycles. The molecule has 0 bridgehead atoms. The molecule has 1 heterocycles. The number of fused-ring (bicyclic) bond motifs is 1. The summed E-state index contributed by atoms with van der Waals surface area (Å²) in [4.78, 5) is 13.0. The monoisotopic (exact) mass is 488 g/mol. The Labute approximate surface area is 200 Å². The third-order valence-electron chi connectivity index (χ3n) is 5.00. The van der Waals surface area contributed by atoms with Crippen LogP contribution in [0.1, 0.15) is 30.9 Å². The molecule has 4 aromatic rings. The van der Waals surface area contributed by atoms with Crippen LogP contribution in [0.4, 0.5) is 0 Å². The van der Waals surface area contributed by atoms with E-state index in [-0.39, 0.29) is 23.7 Å². The van der Waals surface area contributed by atoms with Crippen LogP contribution in [0.25, 0.3) is 11.0 Å². The highest BCUT2D eigenvalue weighted by Gasteiger charge is 2.14. The van der Waals surface area contributed by atoms with E-state index in [0.717, 1.165) is 5.56 Å². The molecule has 0 spiro atoms. The van der Waals surface area contributed by atoms with Crippen LogP contribution in [0.2, 0.25) is 15.1 Å². The fourth-order valence-electron chi connectivity index (χ4n) is 3.28. The highest BCUT2D eigenvalue weighted by atomic mass is 35.5. The van der Waals surface area contributed by atoms with Crippen LogP contribution >= 0.6 is 34.8 Å². The normalized spacial score (nSPS) is 11.2. The number of halogens is 3. The molecular formula is C25H19Cl3O4. The van der Waals surface area contributed by atoms with Gasteiger partial charge in [0.05, 0.1) is 15.4 Å². The lowest BCUT2D eigenvalue weighted by atomic mass is 10.0. The lowest BCUT2D eigenvalue weighted by Gasteiger charge is -2.13. The van der Waals surface area contributed by atoms with Gasteiger partial charge in [0.1, 0.15) is 30.0 Å². The van der Waals surface area contributed by atoms with Crippen molar-refractivity contribution in [1.82, 2.24) is 0 Å². The zero-order chi connectivity index (χ0) is 22.8. The molecule has 32 heavy (non-hydrogen) atoms. The number of ether oxygens (including phenoxy) is 2. The average molecular weight is 490 g/mol. The summed E-state index contributed by atoms with van der Waals surface area (Å²) in [7, 11) is 0. The summed E-state index contributed by atoms with van der Waals surface area (Å²) >= 11 is 18.5. The van der Waals surface area contributed by atoms with Crippen molar-refractivity contribution in [1.29, 1.82) is 0 Å². The molecular weight excluding hydrogens is 471 g/mol. The maximum absolute atomic E-state index is 13.0. The predicted octanol–water partition coefficient (Wildman–Crippen LogP) is 8.25. The molecule has 0 radical (unpaired) electrons. The Hall–Kier alpha value is -2.66. The van der Waals surface area contributed by atoms with Gasteiger partial charge in [-0.2, -0.15) is 0 Å². The fourth-order valence-corrected chi connectivity index (χ4v) is 3.93. The second-order valence-electron chi connectivity index (χ2n) is 7.49. The summed E-state index contributed by atoms with van der Waals surface area (Å²) in [6, 6.07) is 15.9. The summed E-state index contributed by atoms with van der Waals surface area (Å²) in [5.41, 5.74) is 1.70. The number of para-hydroxylation sites is 1. The topological polar surface area (TPSA) is 48.7 Å². The van der Waals surface area contributed by atoms with Gasteiger partial charge in [0, 0.05) is 16.7 Å². The highest BCUT2D eigenvalue weighted by Crippen LogP contribution is 2.33. The van der Waals surface area contributed by atoms with E-state index in [1.807, 2.05) is 24.3 Å². The first kappa shape index (κ1) is 22.5. The Kier molecular flexibility index (Phi) is 6.66. The van der Waals surface area contributed by atoms with E-state index in [2.05, 4.69) is 13.8 Å². The number of hydrogen-bond acceptors (Lipinski definition) is 4. The quantitative estimate of drug-likeness (QED) is 0.256. The minimum atomic E-state index is -0.266. The Morgan fingerprint density at radius 2 is 1.69 bits per heavy atom. The molecule has 4 rings (SSSR count). The van der Waals surface area contributed by atoms with Crippen molar-refractivity contribution >= 4 is 45.8 Å². The van der Waals surface area contributed by atoms with Gasteiger partial charge in [0.2, 0.25) is 11.2 Å². The number of benzene rings is 3. The lowest BCUT2D eigenvalue weighted by Crippen LogP contribution is -2.06. The van der Waals surface area contributed by atoms with Gasteiger partial charge in [-0.3, -0.25) is 4.79 Å². The van der Waals surface area contributed by atoms with E-state index in [1.165, 1.54) is 6.26 Å². The predicted molar refractivity (Wildman–Crippen MR) is 129 cm³/mol. The molecule has 164 valence electrons. The van der Waals surface area contributed by atoms with Crippen LogP contribution in [0, 0.1) is 0 Å². The molecule has 4 nitrogen and oxygen atoms in total. The first-order valence-electron chi connectivity index (χ1n) is 9.92. The number of rotatable bonds is 6. The van der Waals surface area contributed by atoms with Gasteiger partial charge in [-0.25, -0.2) is 0 Å². The SMILES string of the molecule is CC(C)c1ccccc1Oc1coc2cc(OCc3c(Cl)ccc(Cl)c3Cl)ccc2c1=O. The smallest absolute Gasteiger partial charge is 0.235 e. The second kappa shape index (κ2) is 9.45. The van der Waals surface area contributed by atoms with Crippen LogP contribution in [0.15, 0.2) is 70.1 Å². The van der Waals surface area contributed by atoms with E-state index < -0.39 is 0 Å². The van der Waals surface area contributed by atoms with Crippen molar-refractivity contribution in [2.75, 3.05) is 0 Å². The molecule has 0 saturated carbocycles. The second-order valence-corrected chi connectivity index (χ2v) is 8.68. The van der Waals surface area contributed by atoms with Crippen LogP contribution in [-0.2, 0) is 6.61 Å². The maximum Gasteiger partial charge on any atom is 0.235 e. The van der Waals surface area contributed by atoms with Crippen LogP contribution in [-0.4, -0.2) is 0 Å². The highest BCUT2D eigenvalue weighted by molar-refractivity contribution is 6.44. The molecule has 0 atom stereocenters. The maximum atomic E-state index is 13.0. The summed E-state index contributed by atoms with van der Waals surface area (Å²) in [6.07, 6.45) is 1.32. The van der Waals surface area contributed by atoms with Crippen LogP contribution in [0.3, 0.4) is 0 Å². The molecule has 0 amide bonds. The molecule has 0 N–H and O–H groups in total. The van der Waals surface area contributed by atoms with Gasteiger partial charge in [-0.1, -0.05) is 66.8 Å². The molecule has 3 aromatic carbocycles. The zero-order valence-electron chi connectivity index (χ0n) is 17.3. The minimum Gasteiger partial charge on any atom is -0.489 e. The molecule has 0 aliphatic heterocycles. The van der Waals surface area contributed by atoms with E-state index in [0.29, 0.717) is 43.1 Å². The van der Waals surface area contributed by atoms with Gasteiger partial charge in [0.15, 0.2) is 0 Å². The van der Waals surface area contributed by atoms with Gasteiger partial charge in [0.25, 0.3) is 0 Å². The van der Waals surface area contributed by atoms with Crippen LogP contribution < -0.4 is 14.9 Å². The Morgan fingerprint density at radius 3 is 2.47 bits per heavy atom. The van der Waals surface area contributed by atoms with Gasteiger partial charge >= 0.3 is 0 Å². The van der Waals surface area contributed by atoms with Crippen molar-refractivity contribution < 1.29 is 13.9 Å².